The number of pyridine rings is 1. The summed E-state index contributed by atoms with van der Waals surface area (Å²) in [6.07, 6.45) is 5.67. The maximum Gasteiger partial charge on any atom is 0.126 e. The molecule has 14 heavy (non-hydrogen) atoms. The summed E-state index contributed by atoms with van der Waals surface area (Å²) < 4.78 is 0. The molecule has 1 aromatic heterocycles. The molecule has 0 bridgehead atoms. The first-order valence-electron chi connectivity index (χ1n) is 5.33. The number of aromatic nitrogens is 1. The van der Waals surface area contributed by atoms with Gasteiger partial charge in [-0.1, -0.05) is 19.9 Å². The highest BCUT2D eigenvalue weighted by Crippen LogP contribution is 2.37. The molecule has 76 valence electrons. The molecule has 1 aliphatic rings. The molecule has 2 heteroatoms. The summed E-state index contributed by atoms with van der Waals surface area (Å²) in [7, 11) is 0. The summed E-state index contributed by atoms with van der Waals surface area (Å²) in [5, 5.41) is 3.49. The van der Waals surface area contributed by atoms with Gasteiger partial charge in [0.05, 0.1) is 0 Å². The van der Waals surface area contributed by atoms with Gasteiger partial charge in [0, 0.05) is 12.2 Å². The van der Waals surface area contributed by atoms with Gasteiger partial charge in [0.15, 0.2) is 0 Å². The van der Waals surface area contributed by atoms with Crippen molar-refractivity contribution in [1.82, 2.24) is 4.98 Å². The van der Waals surface area contributed by atoms with Crippen molar-refractivity contribution in [2.45, 2.75) is 39.2 Å². The van der Waals surface area contributed by atoms with Gasteiger partial charge in [-0.05, 0) is 36.8 Å². The molecule has 1 heterocycles. The molecule has 1 unspecified atom stereocenters. The van der Waals surface area contributed by atoms with Crippen LogP contribution in [0.3, 0.4) is 0 Å². The Kier molecular flexibility index (Phi) is 2.44. The number of anilines is 1. The molecule has 0 spiro atoms. The molecular formula is C12H18N2. The zero-order chi connectivity index (χ0) is 10.0. The topological polar surface area (TPSA) is 24.9 Å². The molecule has 1 atom stereocenters. The lowest BCUT2D eigenvalue weighted by molar-refractivity contribution is 0.378. The first-order chi connectivity index (χ1) is 6.66. The number of hydrogen-bond acceptors (Lipinski definition) is 2. The molecular weight excluding hydrogens is 172 g/mol. The van der Waals surface area contributed by atoms with Crippen molar-refractivity contribution < 1.29 is 0 Å². The molecule has 1 N–H and O–H groups in total. The van der Waals surface area contributed by atoms with Gasteiger partial charge in [-0.25, -0.2) is 4.98 Å². The lowest BCUT2D eigenvalue weighted by Crippen LogP contribution is -2.18. The van der Waals surface area contributed by atoms with Crippen LogP contribution in [-0.2, 0) is 0 Å². The molecule has 0 aromatic carbocycles. The van der Waals surface area contributed by atoms with E-state index in [2.05, 4.69) is 24.1 Å². The van der Waals surface area contributed by atoms with Crippen LogP contribution in [0.25, 0.3) is 0 Å². The highest BCUT2D eigenvalue weighted by atomic mass is 15.0. The fourth-order valence-corrected chi connectivity index (χ4v) is 2.22. The molecule has 0 aliphatic heterocycles. The van der Waals surface area contributed by atoms with E-state index in [9.17, 15) is 0 Å². The molecule has 0 radical (unpaired) electrons. The van der Waals surface area contributed by atoms with Crippen LogP contribution in [0.4, 0.5) is 5.82 Å². The molecule has 1 fully saturated rings. The van der Waals surface area contributed by atoms with Crippen LogP contribution in [0.15, 0.2) is 24.4 Å². The first kappa shape index (κ1) is 9.50. The number of rotatable bonds is 2. The summed E-state index contributed by atoms with van der Waals surface area (Å²) in [5.41, 5.74) is 0.506. The summed E-state index contributed by atoms with van der Waals surface area (Å²) in [5.74, 6) is 1.01. The average molecular weight is 190 g/mol. The Morgan fingerprint density at radius 3 is 2.86 bits per heavy atom. The highest BCUT2D eigenvalue weighted by Gasteiger charge is 2.30. The fraction of sp³-hybridized carbons (Fsp3) is 0.583. The van der Waals surface area contributed by atoms with Gasteiger partial charge in [-0.2, -0.15) is 0 Å². The smallest absolute Gasteiger partial charge is 0.126 e. The summed E-state index contributed by atoms with van der Waals surface area (Å²) in [4.78, 5) is 4.28. The van der Waals surface area contributed by atoms with E-state index in [1.807, 2.05) is 24.4 Å². The van der Waals surface area contributed by atoms with Crippen LogP contribution in [0, 0.1) is 5.41 Å². The standard InChI is InChI=1S/C12H18N2/c1-12(2)7-6-10(9-12)14-11-5-3-4-8-13-11/h3-5,8,10H,6-7,9H2,1-2H3,(H,13,14). The minimum Gasteiger partial charge on any atom is -0.367 e. The quantitative estimate of drug-likeness (QED) is 0.775. The summed E-state index contributed by atoms with van der Waals surface area (Å²) in [6.45, 7) is 4.68. The van der Waals surface area contributed by atoms with Gasteiger partial charge in [0.1, 0.15) is 5.82 Å². The maximum atomic E-state index is 4.28. The molecule has 1 aliphatic carbocycles. The van der Waals surface area contributed by atoms with E-state index in [0.717, 1.165) is 5.82 Å². The van der Waals surface area contributed by atoms with Gasteiger partial charge in [-0.3, -0.25) is 0 Å². The third-order valence-electron chi connectivity index (χ3n) is 2.99. The van der Waals surface area contributed by atoms with Crippen LogP contribution < -0.4 is 5.32 Å². The Labute approximate surface area is 85.7 Å². The molecule has 1 aromatic rings. The van der Waals surface area contributed by atoms with Crippen LogP contribution >= 0.6 is 0 Å². The molecule has 0 amide bonds. The van der Waals surface area contributed by atoms with E-state index in [0.29, 0.717) is 11.5 Å². The van der Waals surface area contributed by atoms with Crippen LogP contribution in [0.2, 0.25) is 0 Å². The Morgan fingerprint density at radius 2 is 2.29 bits per heavy atom. The predicted molar refractivity (Wildman–Crippen MR) is 59.3 cm³/mol. The van der Waals surface area contributed by atoms with Gasteiger partial charge in [0.25, 0.3) is 0 Å². The van der Waals surface area contributed by atoms with Crippen molar-refractivity contribution >= 4 is 5.82 Å². The Morgan fingerprint density at radius 1 is 1.43 bits per heavy atom. The SMILES string of the molecule is CC1(C)CCC(Nc2ccccn2)C1. The monoisotopic (exact) mass is 190 g/mol. The predicted octanol–water partition coefficient (Wildman–Crippen LogP) is 3.07. The van der Waals surface area contributed by atoms with Crippen molar-refractivity contribution in [3.8, 4) is 0 Å². The van der Waals surface area contributed by atoms with Crippen molar-refractivity contribution in [2.75, 3.05) is 5.32 Å². The van der Waals surface area contributed by atoms with Crippen molar-refractivity contribution in [1.29, 1.82) is 0 Å². The Balaban J connectivity index is 1.94. The van der Waals surface area contributed by atoms with Crippen LogP contribution in [-0.4, -0.2) is 11.0 Å². The van der Waals surface area contributed by atoms with E-state index in [-0.39, 0.29) is 0 Å². The van der Waals surface area contributed by atoms with E-state index >= 15 is 0 Å². The fourth-order valence-electron chi connectivity index (χ4n) is 2.22. The molecule has 2 nitrogen and oxygen atoms in total. The van der Waals surface area contributed by atoms with Crippen LogP contribution in [0.1, 0.15) is 33.1 Å². The minimum atomic E-state index is 0.506. The molecule has 1 saturated carbocycles. The van der Waals surface area contributed by atoms with Crippen molar-refractivity contribution in [3.05, 3.63) is 24.4 Å². The van der Waals surface area contributed by atoms with E-state index in [4.69, 9.17) is 0 Å². The second-order valence-corrected chi connectivity index (χ2v) is 4.96. The zero-order valence-electron chi connectivity index (χ0n) is 8.96. The second kappa shape index (κ2) is 3.60. The molecule has 0 saturated heterocycles. The number of hydrogen-bond donors (Lipinski definition) is 1. The molecule has 2 rings (SSSR count). The van der Waals surface area contributed by atoms with Gasteiger partial charge >= 0.3 is 0 Å². The lowest BCUT2D eigenvalue weighted by Gasteiger charge is -2.18. The van der Waals surface area contributed by atoms with Gasteiger partial charge < -0.3 is 5.32 Å². The Bertz CT molecular complexity index is 292. The minimum absolute atomic E-state index is 0.506. The van der Waals surface area contributed by atoms with E-state index < -0.39 is 0 Å². The van der Waals surface area contributed by atoms with Crippen molar-refractivity contribution in [3.63, 3.8) is 0 Å². The maximum absolute atomic E-state index is 4.28. The second-order valence-electron chi connectivity index (χ2n) is 4.96. The normalized spacial score (nSPS) is 24.9. The highest BCUT2D eigenvalue weighted by molar-refractivity contribution is 5.34. The van der Waals surface area contributed by atoms with Gasteiger partial charge in [0.2, 0.25) is 0 Å². The zero-order valence-corrected chi connectivity index (χ0v) is 8.96. The average Bonchev–Trinajstić information content (AvgIpc) is 2.47. The summed E-state index contributed by atoms with van der Waals surface area (Å²) >= 11 is 0. The first-order valence-corrected chi connectivity index (χ1v) is 5.33. The lowest BCUT2D eigenvalue weighted by atomic mass is 9.92. The van der Waals surface area contributed by atoms with E-state index in [1.165, 1.54) is 19.3 Å². The number of nitrogens with one attached hydrogen (secondary N) is 1. The van der Waals surface area contributed by atoms with Gasteiger partial charge in [-0.15, -0.1) is 0 Å². The largest absolute Gasteiger partial charge is 0.367 e. The Hall–Kier alpha value is -1.05. The summed E-state index contributed by atoms with van der Waals surface area (Å²) in [6, 6.07) is 6.62. The third kappa shape index (κ3) is 2.25. The number of nitrogens with zero attached hydrogens (tertiary/aromatic N) is 1. The third-order valence-corrected chi connectivity index (χ3v) is 2.99. The van der Waals surface area contributed by atoms with Crippen LogP contribution in [0.5, 0.6) is 0 Å². The van der Waals surface area contributed by atoms with E-state index in [1.54, 1.807) is 0 Å². The van der Waals surface area contributed by atoms with Crippen molar-refractivity contribution in [2.24, 2.45) is 5.41 Å².